The van der Waals surface area contributed by atoms with Crippen molar-refractivity contribution in [3.05, 3.63) is 29.8 Å². The summed E-state index contributed by atoms with van der Waals surface area (Å²) in [5, 5.41) is 3.17. The normalized spacial score (nSPS) is 16.7. The molecule has 0 unspecified atom stereocenters. The molecule has 0 aromatic heterocycles. The van der Waals surface area contributed by atoms with E-state index in [9.17, 15) is 0 Å². The zero-order chi connectivity index (χ0) is 16.5. The highest BCUT2D eigenvalue weighted by molar-refractivity contribution is 14.0. The number of likely N-dealkylation sites (N-methyl/N-ethyl adjacent to an activating group) is 1. The van der Waals surface area contributed by atoms with Crippen LogP contribution in [0, 0.1) is 0 Å². The van der Waals surface area contributed by atoms with Crippen LogP contribution in [-0.2, 0) is 11.3 Å². The number of nitrogens with one attached hydrogen (secondary N) is 1. The maximum absolute atomic E-state index is 6.00. The lowest BCUT2D eigenvalue weighted by Crippen LogP contribution is -2.46. The van der Waals surface area contributed by atoms with E-state index in [4.69, 9.17) is 10.5 Å². The largest absolute Gasteiger partial charge is 0.380 e. The lowest BCUT2D eigenvalue weighted by Gasteiger charge is -2.33. The van der Waals surface area contributed by atoms with Crippen molar-refractivity contribution in [2.45, 2.75) is 13.5 Å². The van der Waals surface area contributed by atoms with Crippen LogP contribution in [0.3, 0.4) is 0 Å². The number of nitrogens with zero attached hydrogens (tertiary/aromatic N) is 3. The van der Waals surface area contributed by atoms with Gasteiger partial charge in [-0.05, 0) is 12.6 Å². The lowest BCUT2D eigenvalue weighted by atomic mass is 10.2. The molecule has 1 fully saturated rings. The van der Waals surface area contributed by atoms with E-state index >= 15 is 0 Å². The number of aliphatic imine (C=N–C) groups is 1. The van der Waals surface area contributed by atoms with E-state index in [1.807, 2.05) is 24.3 Å². The van der Waals surface area contributed by atoms with Gasteiger partial charge in [-0.2, -0.15) is 0 Å². The van der Waals surface area contributed by atoms with Gasteiger partial charge in [-0.15, -0.1) is 24.0 Å². The van der Waals surface area contributed by atoms with E-state index in [2.05, 4.69) is 27.0 Å². The highest BCUT2D eigenvalue weighted by Crippen LogP contribution is 2.15. The predicted molar refractivity (Wildman–Crippen MR) is 111 cm³/mol. The van der Waals surface area contributed by atoms with Crippen molar-refractivity contribution in [3.63, 3.8) is 0 Å². The Balaban J connectivity index is 0.00000288. The van der Waals surface area contributed by atoms with Crippen molar-refractivity contribution in [3.8, 4) is 0 Å². The summed E-state index contributed by atoms with van der Waals surface area (Å²) in [5.74, 6) is 0.459. The molecule has 6 nitrogen and oxygen atoms in total. The molecule has 1 aliphatic heterocycles. The molecule has 0 bridgehead atoms. The summed E-state index contributed by atoms with van der Waals surface area (Å²) < 4.78 is 5.20. The zero-order valence-electron chi connectivity index (χ0n) is 14.7. The topological polar surface area (TPSA) is 66.1 Å². The summed E-state index contributed by atoms with van der Waals surface area (Å²) in [7, 11) is 1.69. The van der Waals surface area contributed by atoms with E-state index in [0.29, 0.717) is 12.6 Å². The minimum absolute atomic E-state index is 0. The van der Waals surface area contributed by atoms with E-state index in [-0.39, 0.29) is 24.0 Å². The van der Waals surface area contributed by atoms with Crippen LogP contribution < -0.4 is 11.1 Å². The Bertz CT molecular complexity index is 504. The summed E-state index contributed by atoms with van der Waals surface area (Å²) in [6.45, 7) is 10.1. The molecule has 1 aromatic carbocycles. The number of hydrogen-bond acceptors (Lipinski definition) is 4. The first-order valence-electron chi connectivity index (χ1n) is 8.31. The molecule has 3 N–H and O–H groups in total. The van der Waals surface area contributed by atoms with Crippen LogP contribution in [0.25, 0.3) is 0 Å². The average Bonchev–Trinajstić information content (AvgIpc) is 2.57. The first-order valence-corrected chi connectivity index (χ1v) is 8.31. The summed E-state index contributed by atoms with van der Waals surface area (Å²) in [6, 6.07) is 7.97. The Hall–Kier alpha value is -0.900. The van der Waals surface area contributed by atoms with Gasteiger partial charge in [0.15, 0.2) is 5.96 Å². The fourth-order valence-corrected chi connectivity index (χ4v) is 2.74. The number of para-hydroxylation sites is 1. The van der Waals surface area contributed by atoms with Crippen LogP contribution >= 0.6 is 24.0 Å². The number of anilines is 1. The van der Waals surface area contributed by atoms with Crippen molar-refractivity contribution in [2.75, 3.05) is 58.2 Å². The number of ether oxygens (including phenoxy) is 1. The smallest absolute Gasteiger partial charge is 0.193 e. The molecule has 0 saturated carbocycles. The molecule has 0 aliphatic carbocycles. The Morgan fingerprint density at radius 1 is 1.21 bits per heavy atom. The Labute approximate surface area is 162 Å². The molecular weight excluding hydrogens is 417 g/mol. The van der Waals surface area contributed by atoms with Crippen molar-refractivity contribution in [1.82, 2.24) is 9.80 Å². The molecule has 1 heterocycles. The Morgan fingerprint density at radius 3 is 2.54 bits per heavy atom. The van der Waals surface area contributed by atoms with Gasteiger partial charge in [-0.1, -0.05) is 25.1 Å². The van der Waals surface area contributed by atoms with Gasteiger partial charge in [0, 0.05) is 51.1 Å². The van der Waals surface area contributed by atoms with Crippen molar-refractivity contribution in [2.24, 2.45) is 10.7 Å². The molecule has 2 rings (SSSR count). The van der Waals surface area contributed by atoms with Gasteiger partial charge in [0.2, 0.25) is 0 Å². The van der Waals surface area contributed by atoms with Crippen LogP contribution in [0.4, 0.5) is 5.69 Å². The second-order valence-electron chi connectivity index (χ2n) is 5.76. The number of rotatable bonds is 7. The van der Waals surface area contributed by atoms with Crippen LogP contribution in [0.1, 0.15) is 12.5 Å². The highest BCUT2D eigenvalue weighted by atomic mass is 127. The molecule has 1 aliphatic rings. The van der Waals surface area contributed by atoms with Crippen molar-refractivity contribution >= 4 is 35.6 Å². The van der Waals surface area contributed by atoms with Crippen LogP contribution in [0.2, 0.25) is 0 Å². The van der Waals surface area contributed by atoms with E-state index in [1.54, 1.807) is 7.11 Å². The molecule has 7 heteroatoms. The van der Waals surface area contributed by atoms with Crippen molar-refractivity contribution in [1.29, 1.82) is 0 Å². The van der Waals surface area contributed by atoms with E-state index in [0.717, 1.165) is 57.1 Å². The average molecular weight is 447 g/mol. The van der Waals surface area contributed by atoms with Gasteiger partial charge in [0.05, 0.1) is 13.2 Å². The fourth-order valence-electron chi connectivity index (χ4n) is 2.74. The molecule has 1 saturated heterocycles. The van der Waals surface area contributed by atoms with Gasteiger partial charge in [-0.25, -0.2) is 0 Å². The zero-order valence-corrected chi connectivity index (χ0v) is 17.0. The Morgan fingerprint density at radius 2 is 1.88 bits per heavy atom. The summed E-state index contributed by atoms with van der Waals surface area (Å²) in [4.78, 5) is 9.36. The van der Waals surface area contributed by atoms with Gasteiger partial charge in [0.1, 0.15) is 0 Å². The second-order valence-corrected chi connectivity index (χ2v) is 5.76. The summed E-state index contributed by atoms with van der Waals surface area (Å²) in [6.07, 6.45) is 0. The highest BCUT2D eigenvalue weighted by Gasteiger charge is 2.14. The molecular formula is C17H30IN5O. The number of guanidine groups is 1. The maximum atomic E-state index is 6.00. The van der Waals surface area contributed by atoms with Gasteiger partial charge in [-0.3, -0.25) is 9.89 Å². The number of benzene rings is 1. The van der Waals surface area contributed by atoms with Gasteiger partial charge in [0.25, 0.3) is 0 Å². The molecule has 24 heavy (non-hydrogen) atoms. The quantitative estimate of drug-likeness (QED) is 0.379. The summed E-state index contributed by atoms with van der Waals surface area (Å²) in [5.41, 5.74) is 8.03. The molecule has 0 radical (unpaired) electrons. The van der Waals surface area contributed by atoms with E-state index in [1.165, 1.54) is 0 Å². The van der Waals surface area contributed by atoms with Crippen LogP contribution in [-0.4, -0.2) is 68.7 Å². The van der Waals surface area contributed by atoms with Crippen LogP contribution in [0.15, 0.2) is 29.3 Å². The molecule has 0 amide bonds. The molecule has 0 atom stereocenters. The van der Waals surface area contributed by atoms with Crippen LogP contribution in [0.5, 0.6) is 0 Å². The molecule has 1 aromatic rings. The van der Waals surface area contributed by atoms with E-state index < -0.39 is 0 Å². The Kier molecular flexibility index (Phi) is 10.2. The minimum atomic E-state index is 0. The first-order chi connectivity index (χ1) is 11.2. The molecule has 0 spiro atoms. The van der Waals surface area contributed by atoms with Crippen molar-refractivity contribution < 1.29 is 4.74 Å². The number of piperazine rings is 1. The predicted octanol–water partition coefficient (Wildman–Crippen LogP) is 1.82. The third kappa shape index (κ3) is 6.92. The third-order valence-corrected chi connectivity index (χ3v) is 4.19. The fraction of sp³-hybridized carbons (Fsp3) is 0.588. The number of halogens is 1. The number of hydrogen-bond donors (Lipinski definition) is 2. The second kappa shape index (κ2) is 11.6. The lowest BCUT2D eigenvalue weighted by molar-refractivity contribution is 0.140. The SMILES string of the molecule is CCN1CCN(CCN=C(N)Nc2ccccc2COC)CC1.I. The monoisotopic (exact) mass is 447 g/mol. The standard InChI is InChI=1S/C17H29N5O.HI/c1-3-21-10-12-22(13-11-21)9-8-19-17(18)20-16-7-5-4-6-15(16)14-23-2;/h4-7H,3,8-14H2,1-2H3,(H3,18,19,20);1H. The molecule has 136 valence electrons. The van der Waals surface area contributed by atoms with Gasteiger partial charge >= 0.3 is 0 Å². The number of methoxy groups -OCH3 is 1. The first kappa shape index (κ1) is 21.1. The summed E-state index contributed by atoms with van der Waals surface area (Å²) >= 11 is 0. The maximum Gasteiger partial charge on any atom is 0.193 e. The minimum Gasteiger partial charge on any atom is -0.380 e. The third-order valence-electron chi connectivity index (χ3n) is 4.19. The number of nitrogens with two attached hydrogens (primary N) is 1. The van der Waals surface area contributed by atoms with Gasteiger partial charge < -0.3 is 20.7 Å².